The molecule has 0 heterocycles. The number of anilines is 1. The van der Waals surface area contributed by atoms with Gasteiger partial charge in [0, 0.05) is 11.3 Å². The van der Waals surface area contributed by atoms with E-state index in [-0.39, 0.29) is 24.2 Å². The van der Waals surface area contributed by atoms with Gasteiger partial charge in [0.05, 0.1) is 6.04 Å². The second kappa shape index (κ2) is 7.30. The van der Waals surface area contributed by atoms with Crippen LogP contribution in [0.1, 0.15) is 31.1 Å². The third-order valence-corrected chi connectivity index (χ3v) is 2.93. The van der Waals surface area contributed by atoms with Crippen LogP contribution >= 0.6 is 12.4 Å². The molecule has 0 spiro atoms. The summed E-state index contributed by atoms with van der Waals surface area (Å²) in [7, 11) is 0. The molecule has 0 saturated carbocycles. The van der Waals surface area contributed by atoms with Crippen LogP contribution in [-0.4, -0.2) is 29.8 Å². The van der Waals surface area contributed by atoms with Crippen LogP contribution in [0, 0.1) is 0 Å². The van der Waals surface area contributed by atoms with E-state index in [1.165, 1.54) is 0 Å². The number of halogens is 1. The molecule has 0 aliphatic carbocycles. The smallest absolute Gasteiger partial charge is 0.179 e. The number of carbonyl (C=O) groups excluding carboxylic acids is 1. The van der Waals surface area contributed by atoms with Gasteiger partial charge in [-0.05, 0) is 44.3 Å². The summed E-state index contributed by atoms with van der Waals surface area (Å²) in [6, 6.07) is 7.04. The molecule has 0 fully saturated rings. The lowest BCUT2D eigenvalue weighted by Crippen LogP contribution is -2.38. The van der Waals surface area contributed by atoms with Crippen molar-refractivity contribution in [3.05, 3.63) is 29.8 Å². The minimum Gasteiger partial charge on any atom is -0.399 e. The van der Waals surface area contributed by atoms with E-state index in [2.05, 4.69) is 18.7 Å². The summed E-state index contributed by atoms with van der Waals surface area (Å²) in [6.07, 6.45) is 0. The molecule has 3 nitrogen and oxygen atoms in total. The Kier molecular flexibility index (Phi) is 6.85. The summed E-state index contributed by atoms with van der Waals surface area (Å²) >= 11 is 0. The summed E-state index contributed by atoms with van der Waals surface area (Å²) in [5.41, 5.74) is 7.01. The first-order valence-corrected chi connectivity index (χ1v) is 5.74. The third kappa shape index (κ3) is 4.02. The van der Waals surface area contributed by atoms with Gasteiger partial charge in [-0.3, -0.25) is 9.69 Å². The molecule has 0 aliphatic heterocycles. The van der Waals surface area contributed by atoms with Gasteiger partial charge in [0.15, 0.2) is 5.78 Å². The standard InChI is InChI=1S/C13H20N2O.ClH/c1-4-15(5-2)10(3)13(16)11-6-8-12(14)9-7-11;/h6-10H,4-5,14H2,1-3H3;1H. The molecule has 0 amide bonds. The highest BCUT2D eigenvalue weighted by molar-refractivity contribution is 6.00. The number of nitrogen functional groups attached to an aromatic ring is 1. The number of hydrogen-bond donors (Lipinski definition) is 1. The lowest BCUT2D eigenvalue weighted by Gasteiger charge is -2.25. The lowest BCUT2D eigenvalue weighted by molar-refractivity contribution is 0.0851. The second-order valence-corrected chi connectivity index (χ2v) is 3.88. The minimum absolute atomic E-state index is 0. The van der Waals surface area contributed by atoms with Crippen LogP contribution in [0.5, 0.6) is 0 Å². The van der Waals surface area contributed by atoms with Crippen LogP contribution in [0.15, 0.2) is 24.3 Å². The van der Waals surface area contributed by atoms with E-state index in [1.54, 1.807) is 24.3 Å². The van der Waals surface area contributed by atoms with Gasteiger partial charge in [-0.25, -0.2) is 0 Å². The quantitative estimate of drug-likeness (QED) is 0.651. The van der Waals surface area contributed by atoms with E-state index in [9.17, 15) is 4.79 Å². The summed E-state index contributed by atoms with van der Waals surface area (Å²) in [6.45, 7) is 7.86. The van der Waals surface area contributed by atoms with Crippen molar-refractivity contribution in [2.45, 2.75) is 26.8 Å². The lowest BCUT2D eigenvalue weighted by atomic mass is 10.0. The summed E-state index contributed by atoms with van der Waals surface area (Å²) in [5, 5.41) is 0. The molecule has 2 N–H and O–H groups in total. The summed E-state index contributed by atoms with van der Waals surface area (Å²) in [4.78, 5) is 14.3. The second-order valence-electron chi connectivity index (χ2n) is 3.88. The van der Waals surface area contributed by atoms with Crippen LogP contribution in [0.4, 0.5) is 5.69 Å². The monoisotopic (exact) mass is 256 g/mol. The number of likely N-dealkylation sites (N-methyl/N-ethyl adjacent to an activating group) is 1. The molecule has 4 heteroatoms. The van der Waals surface area contributed by atoms with Crippen molar-refractivity contribution in [2.75, 3.05) is 18.8 Å². The van der Waals surface area contributed by atoms with Crippen LogP contribution in [0.25, 0.3) is 0 Å². The number of benzene rings is 1. The Labute approximate surface area is 109 Å². The average molecular weight is 257 g/mol. The maximum absolute atomic E-state index is 12.1. The SMILES string of the molecule is CCN(CC)C(C)C(=O)c1ccc(N)cc1.Cl. The van der Waals surface area contributed by atoms with Crippen LogP contribution in [0.2, 0.25) is 0 Å². The van der Waals surface area contributed by atoms with E-state index in [4.69, 9.17) is 5.73 Å². The zero-order chi connectivity index (χ0) is 12.1. The first kappa shape index (κ1) is 15.9. The number of Topliss-reactive ketones (excluding diaryl/α,β-unsaturated/α-hetero) is 1. The first-order valence-electron chi connectivity index (χ1n) is 5.74. The Morgan fingerprint density at radius 2 is 1.71 bits per heavy atom. The van der Waals surface area contributed by atoms with Crippen molar-refractivity contribution in [1.29, 1.82) is 0 Å². The number of ketones is 1. The summed E-state index contributed by atoms with van der Waals surface area (Å²) < 4.78 is 0. The molecule has 1 aromatic rings. The Bertz CT molecular complexity index is 347. The summed E-state index contributed by atoms with van der Waals surface area (Å²) in [5.74, 6) is 0.156. The zero-order valence-corrected chi connectivity index (χ0v) is 11.5. The van der Waals surface area contributed by atoms with Crippen molar-refractivity contribution in [1.82, 2.24) is 4.90 Å². The maximum atomic E-state index is 12.1. The van der Waals surface area contributed by atoms with Gasteiger partial charge in [0.25, 0.3) is 0 Å². The third-order valence-electron chi connectivity index (χ3n) is 2.93. The van der Waals surface area contributed by atoms with E-state index < -0.39 is 0 Å². The van der Waals surface area contributed by atoms with E-state index in [0.717, 1.165) is 18.7 Å². The molecule has 0 aromatic heterocycles. The fraction of sp³-hybridized carbons (Fsp3) is 0.462. The molecule has 96 valence electrons. The van der Waals surface area contributed by atoms with E-state index in [1.807, 2.05) is 6.92 Å². The van der Waals surface area contributed by atoms with Crippen molar-refractivity contribution in [3.63, 3.8) is 0 Å². The molecule has 1 aromatic carbocycles. The number of carbonyl (C=O) groups is 1. The molecule has 17 heavy (non-hydrogen) atoms. The average Bonchev–Trinajstić information content (AvgIpc) is 2.30. The number of nitrogens with zero attached hydrogens (tertiary/aromatic N) is 1. The Balaban J connectivity index is 0.00000256. The maximum Gasteiger partial charge on any atom is 0.179 e. The predicted octanol–water partition coefficient (Wildman–Crippen LogP) is 2.60. The Hall–Kier alpha value is -1.06. The normalized spacial score (nSPS) is 12.0. The van der Waals surface area contributed by atoms with Crippen LogP contribution in [-0.2, 0) is 0 Å². The minimum atomic E-state index is -0.0707. The van der Waals surface area contributed by atoms with Gasteiger partial charge in [0.2, 0.25) is 0 Å². The molecule has 0 saturated heterocycles. The van der Waals surface area contributed by atoms with Gasteiger partial charge < -0.3 is 5.73 Å². The topological polar surface area (TPSA) is 46.3 Å². The molecule has 1 rings (SSSR count). The predicted molar refractivity (Wildman–Crippen MR) is 74.8 cm³/mol. The van der Waals surface area contributed by atoms with Crippen LogP contribution < -0.4 is 5.73 Å². The number of hydrogen-bond acceptors (Lipinski definition) is 3. The Morgan fingerprint density at radius 3 is 2.12 bits per heavy atom. The number of rotatable bonds is 5. The molecular formula is C13H21ClN2O. The van der Waals surface area contributed by atoms with Crippen molar-refractivity contribution in [2.24, 2.45) is 0 Å². The molecule has 1 unspecified atom stereocenters. The highest BCUT2D eigenvalue weighted by Crippen LogP contribution is 2.11. The van der Waals surface area contributed by atoms with Crippen molar-refractivity contribution >= 4 is 23.9 Å². The highest BCUT2D eigenvalue weighted by atomic mass is 35.5. The number of nitrogens with two attached hydrogens (primary N) is 1. The van der Waals surface area contributed by atoms with E-state index >= 15 is 0 Å². The van der Waals surface area contributed by atoms with Gasteiger partial charge in [0.1, 0.15) is 0 Å². The molecule has 0 aliphatic rings. The highest BCUT2D eigenvalue weighted by Gasteiger charge is 2.19. The van der Waals surface area contributed by atoms with Gasteiger partial charge >= 0.3 is 0 Å². The molecule has 0 radical (unpaired) electrons. The fourth-order valence-corrected chi connectivity index (χ4v) is 1.83. The molecule has 0 bridgehead atoms. The van der Waals surface area contributed by atoms with Gasteiger partial charge in [-0.2, -0.15) is 0 Å². The van der Waals surface area contributed by atoms with Crippen LogP contribution in [0.3, 0.4) is 0 Å². The first-order chi connectivity index (χ1) is 7.60. The van der Waals surface area contributed by atoms with E-state index in [0.29, 0.717) is 5.69 Å². The fourth-order valence-electron chi connectivity index (χ4n) is 1.83. The molecular weight excluding hydrogens is 236 g/mol. The van der Waals surface area contributed by atoms with Crippen molar-refractivity contribution in [3.8, 4) is 0 Å². The largest absolute Gasteiger partial charge is 0.399 e. The Morgan fingerprint density at radius 1 is 1.24 bits per heavy atom. The zero-order valence-electron chi connectivity index (χ0n) is 10.6. The van der Waals surface area contributed by atoms with Crippen molar-refractivity contribution < 1.29 is 4.79 Å². The van der Waals surface area contributed by atoms with Gasteiger partial charge in [-0.15, -0.1) is 12.4 Å². The van der Waals surface area contributed by atoms with Gasteiger partial charge in [-0.1, -0.05) is 13.8 Å². The molecule has 1 atom stereocenters.